The maximum Gasteiger partial charge on any atom is 0.0210 e. The Balaban J connectivity index is 1.41. The lowest BCUT2D eigenvalue weighted by atomic mass is 9.76. The van der Waals surface area contributed by atoms with E-state index < -0.39 is 0 Å². The van der Waals surface area contributed by atoms with Gasteiger partial charge in [0, 0.05) is 23.1 Å². The van der Waals surface area contributed by atoms with Crippen LogP contribution in [-0.4, -0.2) is 36.6 Å². The van der Waals surface area contributed by atoms with Gasteiger partial charge in [-0.15, -0.1) is 0 Å². The molecule has 20 heavy (non-hydrogen) atoms. The molecule has 2 nitrogen and oxygen atoms in total. The maximum atomic E-state index is 3.76. The van der Waals surface area contributed by atoms with Crippen molar-refractivity contribution < 1.29 is 0 Å². The van der Waals surface area contributed by atoms with Crippen LogP contribution in [0.1, 0.15) is 44.1 Å². The number of nitrogens with zero attached hydrogens (tertiary/aromatic N) is 1. The van der Waals surface area contributed by atoms with Crippen LogP contribution in [0, 0.1) is 0 Å². The van der Waals surface area contributed by atoms with Crippen molar-refractivity contribution in [2.75, 3.05) is 19.6 Å². The molecule has 0 aromatic heterocycles. The van der Waals surface area contributed by atoms with Gasteiger partial charge in [0.1, 0.15) is 0 Å². The summed E-state index contributed by atoms with van der Waals surface area (Å²) in [6.07, 6.45) is 5.35. The van der Waals surface area contributed by atoms with E-state index in [1.807, 2.05) is 0 Å². The smallest absolute Gasteiger partial charge is 0.0210 e. The lowest BCUT2D eigenvalue weighted by Crippen LogP contribution is -2.46. The summed E-state index contributed by atoms with van der Waals surface area (Å²) in [6, 6.07) is 10.1. The van der Waals surface area contributed by atoms with Crippen LogP contribution >= 0.6 is 15.9 Å². The first-order chi connectivity index (χ1) is 9.74. The van der Waals surface area contributed by atoms with Gasteiger partial charge in [-0.25, -0.2) is 0 Å². The van der Waals surface area contributed by atoms with E-state index >= 15 is 0 Å². The highest BCUT2D eigenvalue weighted by Gasteiger charge is 2.31. The summed E-state index contributed by atoms with van der Waals surface area (Å²) in [5.74, 6) is 0.741. The minimum Gasteiger partial charge on any atom is -0.312 e. The Bertz CT molecular complexity index is 436. The minimum atomic E-state index is 0.694. The molecule has 1 unspecified atom stereocenters. The Morgan fingerprint density at radius 1 is 1.25 bits per heavy atom. The molecule has 1 heterocycles. The van der Waals surface area contributed by atoms with Crippen LogP contribution in [0.5, 0.6) is 0 Å². The molecule has 1 aromatic rings. The quantitative estimate of drug-likeness (QED) is 0.880. The van der Waals surface area contributed by atoms with Gasteiger partial charge in [-0.3, -0.25) is 4.90 Å². The molecule has 0 spiro atoms. The number of halogens is 1. The molecule has 1 aliphatic heterocycles. The van der Waals surface area contributed by atoms with E-state index in [1.54, 1.807) is 0 Å². The molecule has 1 aromatic carbocycles. The summed E-state index contributed by atoms with van der Waals surface area (Å²) < 4.78 is 1.27. The fourth-order valence-corrected chi connectivity index (χ4v) is 4.10. The SMILES string of the molecule is CC(CNC1CC(c2ccccc2Br)C1)N1CCCC1. The maximum absolute atomic E-state index is 3.76. The molecule has 2 fully saturated rings. The molecule has 110 valence electrons. The van der Waals surface area contributed by atoms with Gasteiger partial charge in [-0.1, -0.05) is 34.1 Å². The van der Waals surface area contributed by atoms with Crippen molar-refractivity contribution in [1.29, 1.82) is 0 Å². The summed E-state index contributed by atoms with van der Waals surface area (Å²) in [5.41, 5.74) is 1.48. The number of likely N-dealkylation sites (tertiary alicyclic amines) is 1. The topological polar surface area (TPSA) is 15.3 Å². The van der Waals surface area contributed by atoms with E-state index in [9.17, 15) is 0 Å². The lowest BCUT2D eigenvalue weighted by molar-refractivity contribution is 0.219. The number of benzene rings is 1. The second kappa shape index (κ2) is 6.59. The number of rotatable bonds is 5. The minimum absolute atomic E-state index is 0.694. The molecular weight excluding hydrogens is 312 g/mol. The zero-order valence-electron chi connectivity index (χ0n) is 12.3. The van der Waals surface area contributed by atoms with Crippen molar-refractivity contribution in [1.82, 2.24) is 10.2 Å². The zero-order valence-corrected chi connectivity index (χ0v) is 13.9. The van der Waals surface area contributed by atoms with Crippen molar-refractivity contribution in [3.63, 3.8) is 0 Å². The molecule has 1 saturated heterocycles. The van der Waals surface area contributed by atoms with Crippen molar-refractivity contribution in [2.24, 2.45) is 0 Å². The Labute approximate surface area is 131 Å². The number of hydrogen-bond donors (Lipinski definition) is 1. The van der Waals surface area contributed by atoms with Gasteiger partial charge in [-0.2, -0.15) is 0 Å². The normalized spacial score (nSPS) is 28.3. The monoisotopic (exact) mass is 336 g/mol. The molecule has 1 saturated carbocycles. The molecular formula is C17H25BrN2. The Morgan fingerprint density at radius 2 is 1.95 bits per heavy atom. The molecule has 0 bridgehead atoms. The van der Waals surface area contributed by atoms with Gasteiger partial charge in [-0.05, 0) is 63.2 Å². The molecule has 1 aliphatic carbocycles. The second-order valence-electron chi connectivity index (χ2n) is 6.39. The molecule has 3 heteroatoms. The van der Waals surface area contributed by atoms with Gasteiger partial charge in [0.25, 0.3) is 0 Å². The Kier molecular flexibility index (Phi) is 4.79. The fraction of sp³-hybridized carbons (Fsp3) is 0.647. The van der Waals surface area contributed by atoms with Gasteiger partial charge >= 0.3 is 0 Å². The molecule has 1 atom stereocenters. The largest absolute Gasteiger partial charge is 0.312 e. The summed E-state index contributed by atoms with van der Waals surface area (Å²) in [4.78, 5) is 2.62. The molecule has 0 radical (unpaired) electrons. The predicted molar refractivity (Wildman–Crippen MR) is 88.2 cm³/mol. The van der Waals surface area contributed by atoms with Crippen LogP contribution in [0.2, 0.25) is 0 Å². The third kappa shape index (κ3) is 3.26. The molecule has 3 rings (SSSR count). The first kappa shape index (κ1) is 14.6. The van der Waals surface area contributed by atoms with E-state index in [1.165, 1.54) is 48.8 Å². The number of nitrogens with one attached hydrogen (secondary N) is 1. The number of hydrogen-bond acceptors (Lipinski definition) is 2. The Morgan fingerprint density at radius 3 is 2.65 bits per heavy atom. The average molecular weight is 337 g/mol. The summed E-state index contributed by atoms with van der Waals surface area (Å²) >= 11 is 3.67. The highest BCUT2D eigenvalue weighted by molar-refractivity contribution is 9.10. The van der Waals surface area contributed by atoms with Gasteiger partial charge in [0.2, 0.25) is 0 Å². The van der Waals surface area contributed by atoms with Crippen LogP contribution in [0.3, 0.4) is 0 Å². The zero-order chi connectivity index (χ0) is 13.9. The van der Waals surface area contributed by atoms with Crippen LogP contribution in [0.4, 0.5) is 0 Å². The van der Waals surface area contributed by atoms with E-state index in [4.69, 9.17) is 0 Å². The van der Waals surface area contributed by atoms with Crippen LogP contribution in [-0.2, 0) is 0 Å². The molecule has 0 amide bonds. The highest BCUT2D eigenvalue weighted by Crippen LogP contribution is 2.39. The summed E-state index contributed by atoms with van der Waals surface area (Å²) in [7, 11) is 0. The Hall–Kier alpha value is -0.380. The van der Waals surface area contributed by atoms with Crippen molar-refractivity contribution in [3.05, 3.63) is 34.3 Å². The van der Waals surface area contributed by atoms with Crippen LogP contribution < -0.4 is 5.32 Å². The average Bonchev–Trinajstić information content (AvgIpc) is 2.92. The van der Waals surface area contributed by atoms with Crippen LogP contribution in [0.15, 0.2) is 28.7 Å². The third-order valence-electron chi connectivity index (χ3n) is 4.95. The molecule has 1 N–H and O–H groups in total. The van der Waals surface area contributed by atoms with Gasteiger partial charge in [0.05, 0.1) is 0 Å². The fourth-order valence-electron chi connectivity index (χ4n) is 3.49. The third-order valence-corrected chi connectivity index (χ3v) is 5.67. The standard InChI is InChI=1S/C17H25BrN2/c1-13(20-8-4-5-9-20)12-19-15-10-14(11-15)16-6-2-3-7-17(16)18/h2-3,6-7,13-15,19H,4-5,8-12H2,1H3. The van der Waals surface area contributed by atoms with E-state index in [-0.39, 0.29) is 0 Å². The lowest BCUT2D eigenvalue weighted by Gasteiger charge is -2.38. The van der Waals surface area contributed by atoms with Crippen molar-refractivity contribution in [3.8, 4) is 0 Å². The van der Waals surface area contributed by atoms with E-state index in [2.05, 4.69) is 57.3 Å². The van der Waals surface area contributed by atoms with E-state index in [0.717, 1.165) is 18.5 Å². The molecule has 2 aliphatic rings. The van der Waals surface area contributed by atoms with Crippen LogP contribution in [0.25, 0.3) is 0 Å². The van der Waals surface area contributed by atoms with Gasteiger partial charge in [0.15, 0.2) is 0 Å². The van der Waals surface area contributed by atoms with Crippen molar-refractivity contribution in [2.45, 2.75) is 50.6 Å². The first-order valence-electron chi connectivity index (χ1n) is 7.96. The summed E-state index contributed by atoms with van der Waals surface area (Å²) in [6.45, 7) is 6.11. The predicted octanol–water partition coefficient (Wildman–Crippen LogP) is 3.77. The van der Waals surface area contributed by atoms with E-state index in [0.29, 0.717) is 6.04 Å². The highest BCUT2D eigenvalue weighted by atomic mass is 79.9. The van der Waals surface area contributed by atoms with Gasteiger partial charge < -0.3 is 5.32 Å². The first-order valence-corrected chi connectivity index (χ1v) is 8.75. The summed E-state index contributed by atoms with van der Waals surface area (Å²) in [5, 5.41) is 3.76. The van der Waals surface area contributed by atoms with Crippen molar-refractivity contribution >= 4 is 15.9 Å². The second-order valence-corrected chi connectivity index (χ2v) is 7.24.